The van der Waals surface area contributed by atoms with E-state index in [2.05, 4.69) is 24.3 Å². The first-order chi connectivity index (χ1) is 8.08. The first-order valence-corrected chi connectivity index (χ1v) is 5.80. The molecule has 0 aliphatic rings. The molecule has 1 heterocycles. The van der Waals surface area contributed by atoms with E-state index in [-0.39, 0.29) is 5.91 Å². The van der Waals surface area contributed by atoms with Crippen LogP contribution in [0, 0.1) is 5.92 Å². The minimum Gasteiger partial charge on any atom is -0.339 e. The highest BCUT2D eigenvalue weighted by Crippen LogP contribution is 2.10. The Kier molecular flexibility index (Phi) is 4.90. The van der Waals surface area contributed by atoms with Gasteiger partial charge in [-0.25, -0.2) is 10.8 Å². The Labute approximate surface area is 102 Å². The Balaban J connectivity index is 2.85. The molecule has 0 aliphatic carbocycles. The van der Waals surface area contributed by atoms with Crippen LogP contribution in [0.2, 0.25) is 0 Å². The third kappa shape index (κ3) is 3.71. The topological polar surface area (TPSA) is 71.2 Å². The van der Waals surface area contributed by atoms with Gasteiger partial charge in [0.25, 0.3) is 5.91 Å². The number of carbonyl (C=O) groups is 1. The van der Waals surface area contributed by atoms with Crippen molar-refractivity contribution in [2.24, 2.45) is 11.8 Å². The SMILES string of the molecule is CCN(CC(C)C)C(=O)c1ccnc(NN)c1. The molecule has 0 unspecified atom stereocenters. The Morgan fingerprint density at radius 2 is 2.29 bits per heavy atom. The molecule has 1 aromatic heterocycles. The van der Waals surface area contributed by atoms with Crippen molar-refractivity contribution in [2.75, 3.05) is 18.5 Å². The highest BCUT2D eigenvalue weighted by molar-refractivity contribution is 5.94. The van der Waals surface area contributed by atoms with Gasteiger partial charge in [-0.1, -0.05) is 13.8 Å². The maximum absolute atomic E-state index is 12.2. The van der Waals surface area contributed by atoms with Gasteiger partial charge in [-0.05, 0) is 25.0 Å². The molecule has 3 N–H and O–H groups in total. The maximum Gasteiger partial charge on any atom is 0.254 e. The predicted octanol–water partition coefficient (Wildman–Crippen LogP) is 1.49. The molecule has 1 rings (SSSR count). The van der Waals surface area contributed by atoms with E-state index in [1.54, 1.807) is 18.3 Å². The van der Waals surface area contributed by atoms with Crippen LogP contribution < -0.4 is 11.3 Å². The van der Waals surface area contributed by atoms with Gasteiger partial charge in [0.05, 0.1) is 0 Å². The third-order valence-electron chi connectivity index (χ3n) is 2.41. The van der Waals surface area contributed by atoms with E-state index in [0.717, 1.165) is 6.54 Å². The molecule has 5 nitrogen and oxygen atoms in total. The third-order valence-corrected chi connectivity index (χ3v) is 2.41. The number of nitrogens with two attached hydrogens (primary N) is 1. The molecule has 17 heavy (non-hydrogen) atoms. The monoisotopic (exact) mass is 236 g/mol. The standard InChI is InChI=1S/C12H20N4O/c1-4-16(8-9(2)3)12(17)10-5-6-14-11(7-10)15-13/h5-7,9H,4,8,13H2,1-3H3,(H,14,15). The lowest BCUT2D eigenvalue weighted by molar-refractivity contribution is 0.0745. The van der Waals surface area contributed by atoms with Crippen LogP contribution in [0.15, 0.2) is 18.3 Å². The second-order valence-electron chi connectivity index (χ2n) is 4.31. The lowest BCUT2D eigenvalue weighted by Crippen LogP contribution is -2.34. The average Bonchev–Trinajstić information content (AvgIpc) is 2.35. The summed E-state index contributed by atoms with van der Waals surface area (Å²) in [5, 5.41) is 0. The van der Waals surface area contributed by atoms with E-state index in [1.165, 1.54) is 0 Å². The number of nitrogen functional groups attached to an aromatic ring is 1. The van der Waals surface area contributed by atoms with Gasteiger partial charge < -0.3 is 10.3 Å². The summed E-state index contributed by atoms with van der Waals surface area (Å²) in [6.45, 7) is 7.61. The quantitative estimate of drug-likeness (QED) is 0.600. The highest BCUT2D eigenvalue weighted by Gasteiger charge is 2.15. The maximum atomic E-state index is 12.2. The molecule has 0 saturated carbocycles. The van der Waals surface area contributed by atoms with Crippen molar-refractivity contribution in [3.63, 3.8) is 0 Å². The van der Waals surface area contributed by atoms with E-state index in [0.29, 0.717) is 23.8 Å². The molecule has 0 bridgehead atoms. The number of aromatic nitrogens is 1. The zero-order valence-electron chi connectivity index (χ0n) is 10.6. The zero-order chi connectivity index (χ0) is 12.8. The first kappa shape index (κ1) is 13.4. The van der Waals surface area contributed by atoms with E-state index in [1.807, 2.05) is 11.8 Å². The van der Waals surface area contributed by atoms with E-state index < -0.39 is 0 Å². The summed E-state index contributed by atoms with van der Waals surface area (Å²) >= 11 is 0. The van der Waals surface area contributed by atoms with Crippen molar-refractivity contribution in [3.8, 4) is 0 Å². The van der Waals surface area contributed by atoms with Crippen LogP contribution in [0.25, 0.3) is 0 Å². The van der Waals surface area contributed by atoms with Crippen LogP contribution in [0.3, 0.4) is 0 Å². The van der Waals surface area contributed by atoms with Crippen LogP contribution >= 0.6 is 0 Å². The molecule has 0 spiro atoms. The molecule has 0 saturated heterocycles. The van der Waals surface area contributed by atoms with Gasteiger partial charge in [0, 0.05) is 24.8 Å². The molecule has 0 aliphatic heterocycles. The average molecular weight is 236 g/mol. The molecule has 0 atom stereocenters. The molecule has 0 fully saturated rings. The summed E-state index contributed by atoms with van der Waals surface area (Å²) in [7, 11) is 0. The number of carbonyl (C=O) groups excluding carboxylic acids is 1. The number of pyridine rings is 1. The predicted molar refractivity (Wildman–Crippen MR) is 68.5 cm³/mol. The number of nitrogens with one attached hydrogen (secondary N) is 1. The van der Waals surface area contributed by atoms with E-state index in [4.69, 9.17) is 5.84 Å². The Bertz CT molecular complexity index is 379. The summed E-state index contributed by atoms with van der Waals surface area (Å²) in [5.74, 6) is 6.23. The molecular weight excluding hydrogens is 216 g/mol. The fourth-order valence-corrected chi connectivity index (χ4v) is 1.62. The van der Waals surface area contributed by atoms with Gasteiger partial charge in [0.2, 0.25) is 0 Å². The van der Waals surface area contributed by atoms with Crippen molar-refractivity contribution >= 4 is 11.7 Å². The van der Waals surface area contributed by atoms with Crippen molar-refractivity contribution in [2.45, 2.75) is 20.8 Å². The normalized spacial score (nSPS) is 10.4. The largest absolute Gasteiger partial charge is 0.339 e. The summed E-state index contributed by atoms with van der Waals surface area (Å²) in [6, 6.07) is 3.36. The van der Waals surface area contributed by atoms with Crippen molar-refractivity contribution in [1.82, 2.24) is 9.88 Å². The number of hydrazine groups is 1. The van der Waals surface area contributed by atoms with Crippen molar-refractivity contribution < 1.29 is 4.79 Å². The number of hydrogen-bond acceptors (Lipinski definition) is 4. The van der Waals surface area contributed by atoms with Crippen LogP contribution in [0.4, 0.5) is 5.82 Å². The number of amides is 1. The van der Waals surface area contributed by atoms with Gasteiger partial charge in [0.1, 0.15) is 5.82 Å². The van der Waals surface area contributed by atoms with Gasteiger partial charge in [-0.2, -0.15) is 0 Å². The molecule has 94 valence electrons. The summed E-state index contributed by atoms with van der Waals surface area (Å²) in [5.41, 5.74) is 3.04. The molecule has 1 aromatic rings. The minimum atomic E-state index is 0.0140. The number of rotatable bonds is 5. The summed E-state index contributed by atoms with van der Waals surface area (Å²) in [4.78, 5) is 18.0. The van der Waals surface area contributed by atoms with Gasteiger partial charge in [0.15, 0.2) is 0 Å². The second kappa shape index (κ2) is 6.20. The summed E-state index contributed by atoms with van der Waals surface area (Å²) in [6.07, 6.45) is 1.58. The Hall–Kier alpha value is -1.62. The highest BCUT2D eigenvalue weighted by atomic mass is 16.2. The van der Waals surface area contributed by atoms with Gasteiger partial charge >= 0.3 is 0 Å². The second-order valence-corrected chi connectivity index (χ2v) is 4.31. The van der Waals surface area contributed by atoms with Crippen LogP contribution in [-0.4, -0.2) is 28.9 Å². The number of anilines is 1. The number of nitrogens with zero attached hydrogens (tertiary/aromatic N) is 2. The van der Waals surface area contributed by atoms with Crippen LogP contribution in [0.5, 0.6) is 0 Å². The molecule has 1 amide bonds. The first-order valence-electron chi connectivity index (χ1n) is 5.80. The van der Waals surface area contributed by atoms with Gasteiger partial charge in [-0.15, -0.1) is 0 Å². The summed E-state index contributed by atoms with van der Waals surface area (Å²) < 4.78 is 0. The zero-order valence-corrected chi connectivity index (χ0v) is 10.6. The smallest absolute Gasteiger partial charge is 0.254 e. The van der Waals surface area contributed by atoms with E-state index in [9.17, 15) is 4.79 Å². The van der Waals surface area contributed by atoms with Crippen LogP contribution in [0.1, 0.15) is 31.1 Å². The minimum absolute atomic E-state index is 0.0140. The molecule has 5 heteroatoms. The molecule has 0 aromatic carbocycles. The van der Waals surface area contributed by atoms with Gasteiger partial charge in [-0.3, -0.25) is 4.79 Å². The lowest BCUT2D eigenvalue weighted by Gasteiger charge is -2.23. The lowest BCUT2D eigenvalue weighted by atomic mass is 10.1. The fraction of sp³-hybridized carbons (Fsp3) is 0.500. The van der Waals surface area contributed by atoms with Crippen molar-refractivity contribution in [1.29, 1.82) is 0 Å². The molecule has 0 radical (unpaired) electrons. The number of hydrogen-bond donors (Lipinski definition) is 2. The molecular formula is C12H20N4O. The van der Waals surface area contributed by atoms with Crippen molar-refractivity contribution in [3.05, 3.63) is 23.9 Å². The Morgan fingerprint density at radius 1 is 1.59 bits per heavy atom. The van der Waals surface area contributed by atoms with Crippen LogP contribution in [-0.2, 0) is 0 Å². The van der Waals surface area contributed by atoms with E-state index >= 15 is 0 Å². The fourth-order valence-electron chi connectivity index (χ4n) is 1.62. The Morgan fingerprint density at radius 3 is 2.82 bits per heavy atom.